The number of hydrogen-bond acceptors (Lipinski definition) is 6. The molecule has 0 atom stereocenters. The van der Waals surface area contributed by atoms with E-state index < -0.39 is 28.6 Å². The first-order valence-corrected chi connectivity index (χ1v) is 10.8. The van der Waals surface area contributed by atoms with E-state index in [4.69, 9.17) is 38.4 Å². The van der Waals surface area contributed by atoms with Crippen molar-refractivity contribution in [1.82, 2.24) is 0 Å². The van der Waals surface area contributed by atoms with E-state index in [0.29, 0.717) is 17.1 Å². The Labute approximate surface area is 200 Å². The van der Waals surface area contributed by atoms with Crippen LogP contribution in [0.5, 0.6) is 11.5 Å². The van der Waals surface area contributed by atoms with Crippen LogP contribution >= 0.6 is 35.6 Å². The van der Waals surface area contributed by atoms with Crippen molar-refractivity contribution < 1.29 is 37.3 Å². The minimum Gasteiger partial charge on any atom is -0.493 e. The molecule has 0 radical (unpaired) electrons. The van der Waals surface area contributed by atoms with Crippen LogP contribution in [0.1, 0.15) is 17.5 Å². The number of hydrogen-bond donors (Lipinski definition) is 1. The summed E-state index contributed by atoms with van der Waals surface area (Å²) < 4.78 is 50.3. The topological polar surface area (TPSA) is 76.1 Å². The van der Waals surface area contributed by atoms with Crippen LogP contribution in [0.2, 0.25) is 5.02 Å². The Hall–Kier alpha value is -2.76. The average molecular weight is 518 g/mol. The zero-order chi connectivity index (χ0) is 24.3. The first-order valence-electron chi connectivity index (χ1n) is 9.18. The molecule has 2 aromatic carbocycles. The maximum atomic E-state index is 13.2. The summed E-state index contributed by atoms with van der Waals surface area (Å²) >= 11 is 11.8. The fourth-order valence-corrected chi connectivity index (χ4v) is 4.38. The van der Waals surface area contributed by atoms with Gasteiger partial charge in [0, 0.05) is 0 Å². The van der Waals surface area contributed by atoms with Crippen molar-refractivity contribution >= 4 is 63.5 Å². The Morgan fingerprint density at radius 2 is 1.97 bits per heavy atom. The molecule has 0 aromatic heterocycles. The van der Waals surface area contributed by atoms with Crippen LogP contribution in [0.4, 0.5) is 18.9 Å². The Kier molecular flexibility index (Phi) is 7.55. The predicted molar refractivity (Wildman–Crippen MR) is 123 cm³/mol. The number of carbonyl (C=O) groups excluding carboxylic acids is 1. The molecular weight excluding hydrogens is 503 g/mol. The van der Waals surface area contributed by atoms with Gasteiger partial charge in [-0.25, -0.2) is 0 Å². The maximum Gasteiger partial charge on any atom is 0.417 e. The number of rotatable bonds is 7. The van der Waals surface area contributed by atoms with Crippen molar-refractivity contribution in [1.29, 1.82) is 0 Å². The highest BCUT2D eigenvalue weighted by Gasteiger charge is 2.37. The zero-order valence-corrected chi connectivity index (χ0v) is 19.2. The summed E-state index contributed by atoms with van der Waals surface area (Å²) in [6.45, 7) is -0.0509. The van der Waals surface area contributed by atoms with E-state index in [1.165, 1.54) is 19.3 Å². The monoisotopic (exact) mass is 517 g/mol. The molecule has 174 valence electrons. The average Bonchev–Trinajstić information content (AvgIpc) is 3.01. The second kappa shape index (κ2) is 10.0. The fraction of sp³-hybridized carbons (Fsp3) is 0.190. The quantitative estimate of drug-likeness (QED) is 0.377. The van der Waals surface area contributed by atoms with E-state index in [9.17, 15) is 22.8 Å². The van der Waals surface area contributed by atoms with Gasteiger partial charge in [0.2, 0.25) is 0 Å². The van der Waals surface area contributed by atoms with Crippen molar-refractivity contribution in [3.05, 3.63) is 57.5 Å². The van der Waals surface area contributed by atoms with Gasteiger partial charge in [-0.15, -0.1) is 0 Å². The molecule has 1 N–H and O–H groups in total. The molecule has 12 heteroatoms. The largest absolute Gasteiger partial charge is 0.493 e. The molecule has 1 aliphatic rings. The van der Waals surface area contributed by atoms with Gasteiger partial charge in [-0.3, -0.25) is 14.5 Å². The molecule has 0 saturated carbocycles. The summed E-state index contributed by atoms with van der Waals surface area (Å²) in [5.74, 6) is -0.946. The van der Waals surface area contributed by atoms with Crippen LogP contribution in [0.25, 0.3) is 6.08 Å². The van der Waals surface area contributed by atoms with Gasteiger partial charge in [0.15, 0.2) is 15.8 Å². The molecule has 1 saturated heterocycles. The van der Waals surface area contributed by atoms with E-state index in [2.05, 4.69) is 0 Å². The van der Waals surface area contributed by atoms with Crippen LogP contribution in [-0.4, -0.2) is 35.0 Å². The van der Waals surface area contributed by atoms with Crippen LogP contribution < -0.4 is 14.4 Å². The number of ether oxygens (including phenoxy) is 2. The molecule has 33 heavy (non-hydrogen) atoms. The summed E-state index contributed by atoms with van der Waals surface area (Å²) in [5.41, 5.74) is -0.565. The highest BCUT2D eigenvalue weighted by Crippen LogP contribution is 2.41. The Bertz CT molecular complexity index is 1150. The number of anilines is 1. The molecule has 3 rings (SSSR count). The van der Waals surface area contributed by atoms with Crippen LogP contribution in [-0.2, 0) is 15.8 Å². The number of carboxylic acids is 1. The van der Waals surface area contributed by atoms with Crippen molar-refractivity contribution in [3.8, 4) is 11.5 Å². The lowest BCUT2D eigenvalue weighted by Gasteiger charge is -2.17. The summed E-state index contributed by atoms with van der Waals surface area (Å²) in [5, 5.41) is 8.23. The van der Waals surface area contributed by atoms with Gasteiger partial charge in [-0.2, -0.15) is 13.2 Å². The van der Waals surface area contributed by atoms with Crippen molar-refractivity contribution in [2.75, 3.05) is 18.6 Å². The summed E-state index contributed by atoms with van der Waals surface area (Å²) in [6, 6.07) is 7.89. The number of carbonyl (C=O) groups is 2. The number of amides is 1. The van der Waals surface area contributed by atoms with E-state index in [1.54, 1.807) is 18.2 Å². The number of halogens is 4. The lowest BCUT2D eigenvalue weighted by molar-refractivity contribution is -0.138. The summed E-state index contributed by atoms with van der Waals surface area (Å²) in [6.07, 6.45) is -3.36. The Morgan fingerprint density at radius 1 is 1.24 bits per heavy atom. The molecule has 1 amide bonds. The normalized spacial score (nSPS) is 15.3. The second-order valence-electron chi connectivity index (χ2n) is 6.58. The Balaban J connectivity index is 1.86. The van der Waals surface area contributed by atoms with Gasteiger partial charge < -0.3 is 14.6 Å². The molecule has 2 aromatic rings. The Morgan fingerprint density at radius 3 is 2.61 bits per heavy atom. The smallest absolute Gasteiger partial charge is 0.417 e. The molecule has 1 fully saturated rings. The minimum absolute atomic E-state index is 0.0441. The van der Waals surface area contributed by atoms with Gasteiger partial charge >= 0.3 is 12.1 Å². The summed E-state index contributed by atoms with van der Waals surface area (Å²) in [4.78, 5) is 24.8. The third kappa shape index (κ3) is 5.79. The van der Waals surface area contributed by atoms with E-state index in [-0.39, 0.29) is 27.9 Å². The number of nitrogens with zero attached hydrogens (tertiary/aromatic N) is 1. The fourth-order valence-electron chi connectivity index (χ4n) is 2.85. The number of alkyl halides is 3. The summed E-state index contributed by atoms with van der Waals surface area (Å²) in [7, 11) is 1.40. The third-order valence-corrected chi connectivity index (χ3v) is 6.00. The van der Waals surface area contributed by atoms with Gasteiger partial charge in [0.25, 0.3) is 5.91 Å². The molecule has 0 spiro atoms. The highest BCUT2D eigenvalue weighted by atomic mass is 35.5. The molecule has 1 aliphatic heterocycles. The lowest BCUT2D eigenvalue weighted by atomic mass is 10.1. The molecule has 0 bridgehead atoms. The molecule has 0 aliphatic carbocycles. The first-order chi connectivity index (χ1) is 15.5. The standard InChI is InChI=1S/C21H15ClF3NO5S2/c1-30-16-8-11(2-5-15(16)31-7-6-18(27)28)9-17-19(29)26(20(32)33-17)12-3-4-14(22)13(10-12)21(23,24)25/h2-5,8-10H,6-7H2,1H3,(H,27,28)/b17-9+. The number of benzene rings is 2. The highest BCUT2D eigenvalue weighted by molar-refractivity contribution is 8.27. The maximum absolute atomic E-state index is 13.2. The molecule has 0 unspecified atom stereocenters. The number of thioether (sulfide) groups is 1. The number of carboxylic acid groups (broad SMARTS) is 1. The van der Waals surface area contributed by atoms with E-state index >= 15 is 0 Å². The number of thiocarbonyl (C=S) groups is 1. The molecular formula is C21H15ClF3NO5S2. The second-order valence-corrected chi connectivity index (χ2v) is 8.66. The van der Waals surface area contributed by atoms with Crippen LogP contribution in [0.3, 0.4) is 0 Å². The number of methoxy groups -OCH3 is 1. The number of aliphatic carboxylic acids is 1. The van der Waals surface area contributed by atoms with E-state index in [1.807, 2.05) is 0 Å². The van der Waals surface area contributed by atoms with Gasteiger partial charge in [-0.05, 0) is 42.0 Å². The predicted octanol–water partition coefficient (Wildman–Crippen LogP) is 5.63. The van der Waals surface area contributed by atoms with Gasteiger partial charge in [-0.1, -0.05) is 41.6 Å². The van der Waals surface area contributed by atoms with Crippen LogP contribution in [0, 0.1) is 0 Å². The zero-order valence-electron chi connectivity index (χ0n) is 16.8. The van der Waals surface area contributed by atoms with Crippen LogP contribution in [0.15, 0.2) is 41.3 Å². The first kappa shape index (κ1) is 24.9. The third-order valence-electron chi connectivity index (χ3n) is 4.37. The molecule has 1 heterocycles. The van der Waals surface area contributed by atoms with Crippen molar-refractivity contribution in [2.45, 2.75) is 12.6 Å². The minimum atomic E-state index is -4.69. The van der Waals surface area contributed by atoms with Crippen molar-refractivity contribution in [3.63, 3.8) is 0 Å². The van der Waals surface area contributed by atoms with Gasteiger partial charge in [0.1, 0.15) is 0 Å². The van der Waals surface area contributed by atoms with Crippen molar-refractivity contribution in [2.24, 2.45) is 0 Å². The van der Waals surface area contributed by atoms with E-state index in [0.717, 1.165) is 28.8 Å². The SMILES string of the molecule is COc1cc(/C=C2/SC(=S)N(c3ccc(Cl)c(C(F)(F)F)c3)C2=O)ccc1OCCC(=O)O. The molecule has 6 nitrogen and oxygen atoms in total. The lowest BCUT2D eigenvalue weighted by Crippen LogP contribution is -2.27. The van der Waals surface area contributed by atoms with Gasteiger partial charge in [0.05, 0.1) is 41.3 Å².